The van der Waals surface area contributed by atoms with E-state index in [1.807, 2.05) is 11.0 Å². The number of halogens is 1. The molecule has 10 nitrogen and oxygen atoms in total. The number of likely N-dealkylation sites (tertiary alicyclic amines) is 1. The Kier molecular flexibility index (Phi) is 9.60. The SMILES string of the molecule is COCCC(=O)N1CCC(C2CC3C(=O)N(CC(=O)N(C)Cc4ccc(C#N)c(Cl)c4)CNC3CN2)CC1. The maximum absolute atomic E-state index is 13.4. The van der Waals surface area contributed by atoms with Gasteiger partial charge in [0.15, 0.2) is 0 Å². The van der Waals surface area contributed by atoms with Crippen molar-refractivity contribution >= 4 is 29.3 Å². The molecule has 3 aliphatic rings. The Hall–Kier alpha value is -2.71. The van der Waals surface area contributed by atoms with Gasteiger partial charge in [-0.05, 0) is 42.9 Å². The summed E-state index contributed by atoms with van der Waals surface area (Å²) in [7, 11) is 3.30. The minimum Gasteiger partial charge on any atom is -0.384 e. The fourth-order valence-corrected chi connectivity index (χ4v) is 6.00. The first-order valence-electron chi connectivity index (χ1n) is 13.3. The highest BCUT2D eigenvalue weighted by Gasteiger charge is 2.43. The van der Waals surface area contributed by atoms with Gasteiger partial charge in [0.05, 0.1) is 36.2 Å². The number of methoxy groups -OCH3 is 1. The van der Waals surface area contributed by atoms with Crippen molar-refractivity contribution in [3.8, 4) is 6.07 Å². The maximum Gasteiger partial charge on any atom is 0.242 e. The molecule has 3 heterocycles. The highest BCUT2D eigenvalue weighted by atomic mass is 35.5. The number of hydrogen-bond acceptors (Lipinski definition) is 7. The van der Waals surface area contributed by atoms with E-state index in [1.165, 1.54) is 0 Å². The summed E-state index contributed by atoms with van der Waals surface area (Å²) in [6, 6.07) is 7.42. The Morgan fingerprint density at radius 2 is 2.00 bits per heavy atom. The number of fused-ring (bicyclic) bond motifs is 1. The van der Waals surface area contributed by atoms with Crippen molar-refractivity contribution < 1.29 is 19.1 Å². The molecule has 0 spiro atoms. The third kappa shape index (κ3) is 6.64. The van der Waals surface area contributed by atoms with Crippen LogP contribution in [0, 0.1) is 23.2 Å². The number of carbonyl (C=O) groups excluding carboxylic acids is 3. The van der Waals surface area contributed by atoms with E-state index in [-0.39, 0.29) is 42.3 Å². The number of likely N-dealkylation sites (N-methyl/N-ethyl adjacent to an activating group) is 1. The molecule has 0 aromatic heterocycles. The van der Waals surface area contributed by atoms with Crippen LogP contribution >= 0.6 is 11.6 Å². The van der Waals surface area contributed by atoms with Crippen LogP contribution in [0.1, 0.15) is 36.8 Å². The molecule has 1 aromatic rings. The molecule has 11 heteroatoms. The van der Waals surface area contributed by atoms with Gasteiger partial charge in [-0.2, -0.15) is 5.26 Å². The molecule has 0 radical (unpaired) electrons. The first-order chi connectivity index (χ1) is 18.3. The van der Waals surface area contributed by atoms with E-state index in [0.717, 1.165) is 44.5 Å². The van der Waals surface area contributed by atoms with Crippen molar-refractivity contribution in [2.45, 2.75) is 44.3 Å². The summed E-state index contributed by atoms with van der Waals surface area (Å²) in [6.45, 7) is 3.33. The van der Waals surface area contributed by atoms with Crippen molar-refractivity contribution in [3.05, 3.63) is 34.3 Å². The van der Waals surface area contributed by atoms with E-state index in [0.29, 0.717) is 42.7 Å². The minimum absolute atomic E-state index is 0.00956. The van der Waals surface area contributed by atoms with Gasteiger partial charge in [-0.15, -0.1) is 0 Å². The monoisotopic (exact) mass is 544 g/mol. The molecule has 3 saturated heterocycles. The number of benzene rings is 1. The topological polar surface area (TPSA) is 118 Å². The number of ether oxygens (including phenoxy) is 1. The van der Waals surface area contributed by atoms with Crippen LogP contribution in [0.15, 0.2) is 18.2 Å². The zero-order chi connectivity index (χ0) is 27.2. The van der Waals surface area contributed by atoms with Gasteiger partial charge >= 0.3 is 0 Å². The third-order valence-electron chi connectivity index (χ3n) is 8.07. The van der Waals surface area contributed by atoms with Crippen molar-refractivity contribution in [2.24, 2.45) is 11.8 Å². The number of nitrogens with zero attached hydrogens (tertiary/aromatic N) is 4. The van der Waals surface area contributed by atoms with E-state index >= 15 is 0 Å². The van der Waals surface area contributed by atoms with Gasteiger partial charge in [0.25, 0.3) is 0 Å². The quantitative estimate of drug-likeness (QED) is 0.504. The summed E-state index contributed by atoms with van der Waals surface area (Å²) in [5.41, 5.74) is 1.21. The average molecular weight is 545 g/mol. The Labute approximate surface area is 229 Å². The Morgan fingerprint density at radius 3 is 2.68 bits per heavy atom. The summed E-state index contributed by atoms with van der Waals surface area (Å²) in [4.78, 5) is 43.8. The van der Waals surface area contributed by atoms with Crippen LogP contribution < -0.4 is 10.6 Å². The molecular weight excluding hydrogens is 508 g/mol. The molecule has 3 atom stereocenters. The van der Waals surface area contributed by atoms with Crippen molar-refractivity contribution in [2.75, 3.05) is 53.6 Å². The summed E-state index contributed by atoms with van der Waals surface area (Å²) >= 11 is 6.13. The summed E-state index contributed by atoms with van der Waals surface area (Å²) in [5.74, 6) is 0.247. The summed E-state index contributed by atoms with van der Waals surface area (Å²) in [5, 5.41) is 16.5. The first kappa shape index (κ1) is 28.3. The number of nitrogens with one attached hydrogen (secondary N) is 2. The molecular formula is C27H37ClN6O4. The maximum atomic E-state index is 13.4. The fraction of sp³-hybridized carbons (Fsp3) is 0.630. The van der Waals surface area contributed by atoms with Gasteiger partial charge in [0, 0.05) is 52.4 Å². The molecule has 2 N–H and O–H groups in total. The lowest BCUT2D eigenvalue weighted by atomic mass is 9.78. The van der Waals surface area contributed by atoms with Gasteiger partial charge in [-0.3, -0.25) is 19.7 Å². The molecule has 3 aliphatic heterocycles. The predicted molar refractivity (Wildman–Crippen MR) is 142 cm³/mol. The van der Waals surface area contributed by atoms with E-state index in [2.05, 4.69) is 10.6 Å². The summed E-state index contributed by atoms with van der Waals surface area (Å²) < 4.78 is 5.03. The molecule has 3 fully saturated rings. The van der Waals surface area contributed by atoms with Crippen LogP contribution in [0.2, 0.25) is 5.02 Å². The van der Waals surface area contributed by atoms with Crippen LogP contribution in [0.5, 0.6) is 0 Å². The number of carbonyl (C=O) groups is 3. The van der Waals surface area contributed by atoms with E-state index in [1.54, 1.807) is 42.2 Å². The van der Waals surface area contributed by atoms with Crippen LogP contribution in [0.25, 0.3) is 0 Å². The number of rotatable bonds is 8. The van der Waals surface area contributed by atoms with Gasteiger partial charge in [-0.1, -0.05) is 17.7 Å². The zero-order valence-corrected chi connectivity index (χ0v) is 22.9. The van der Waals surface area contributed by atoms with Gasteiger partial charge in [-0.25, -0.2) is 0 Å². The lowest BCUT2D eigenvalue weighted by Crippen LogP contribution is -2.66. The van der Waals surface area contributed by atoms with Crippen molar-refractivity contribution in [1.82, 2.24) is 25.3 Å². The second-order valence-electron chi connectivity index (χ2n) is 10.5. The second kappa shape index (κ2) is 12.9. The van der Waals surface area contributed by atoms with E-state index in [4.69, 9.17) is 21.6 Å². The Balaban J connectivity index is 1.28. The second-order valence-corrected chi connectivity index (χ2v) is 10.9. The highest BCUT2D eigenvalue weighted by molar-refractivity contribution is 6.31. The zero-order valence-electron chi connectivity index (χ0n) is 22.1. The van der Waals surface area contributed by atoms with Gasteiger partial charge in [0.1, 0.15) is 12.6 Å². The van der Waals surface area contributed by atoms with Crippen LogP contribution in [0.3, 0.4) is 0 Å². The molecule has 1 aromatic carbocycles. The molecule has 206 valence electrons. The smallest absolute Gasteiger partial charge is 0.242 e. The van der Waals surface area contributed by atoms with Gasteiger partial charge < -0.3 is 24.8 Å². The minimum atomic E-state index is -0.174. The lowest BCUT2D eigenvalue weighted by Gasteiger charge is -2.46. The standard InChI is InChI=1S/C27H37ClN6O4/c1-32(15-18-3-4-20(13-29)22(28)11-18)26(36)16-34-17-31-24-14-30-23(12-21(24)27(34)37)19-5-8-33(9-6-19)25(35)7-10-38-2/h3-4,11,19,21,23-24,30-31H,5-10,12,14-17H2,1-2H3. The fourth-order valence-electron chi connectivity index (χ4n) is 5.75. The molecule has 3 amide bonds. The van der Waals surface area contributed by atoms with E-state index in [9.17, 15) is 14.4 Å². The lowest BCUT2D eigenvalue weighted by molar-refractivity contribution is -0.148. The number of amides is 3. The van der Waals surface area contributed by atoms with Crippen molar-refractivity contribution in [1.29, 1.82) is 5.26 Å². The normalized spacial score (nSPS) is 24.1. The Bertz CT molecular complexity index is 1070. The average Bonchev–Trinajstić information content (AvgIpc) is 2.93. The third-order valence-corrected chi connectivity index (χ3v) is 8.39. The molecule has 4 rings (SSSR count). The van der Waals surface area contributed by atoms with Crippen molar-refractivity contribution in [3.63, 3.8) is 0 Å². The molecule has 38 heavy (non-hydrogen) atoms. The first-order valence-corrected chi connectivity index (χ1v) is 13.6. The van der Waals surface area contributed by atoms with Crippen LogP contribution in [0.4, 0.5) is 0 Å². The highest BCUT2D eigenvalue weighted by Crippen LogP contribution is 2.31. The molecule has 0 aliphatic carbocycles. The largest absolute Gasteiger partial charge is 0.384 e. The van der Waals surface area contributed by atoms with Crippen LogP contribution in [-0.4, -0.2) is 98.1 Å². The van der Waals surface area contributed by atoms with Crippen LogP contribution in [-0.2, 0) is 25.7 Å². The van der Waals surface area contributed by atoms with Gasteiger partial charge in [0.2, 0.25) is 17.7 Å². The van der Waals surface area contributed by atoms with E-state index < -0.39 is 0 Å². The molecule has 3 unspecified atom stereocenters. The number of hydrogen-bond donors (Lipinski definition) is 2. The predicted octanol–water partition coefficient (Wildman–Crippen LogP) is 1.18. The number of piperidine rings is 2. The molecule has 0 saturated carbocycles. The Morgan fingerprint density at radius 1 is 1.24 bits per heavy atom. The number of nitriles is 1. The molecule has 0 bridgehead atoms. The summed E-state index contributed by atoms with van der Waals surface area (Å²) in [6.07, 6.45) is 2.98.